The SMILES string of the molecule is O=C(O)[C@H]1CCC[C@H]1C(=O)NC1CCc2ccccc21. The Morgan fingerprint density at radius 1 is 1.10 bits per heavy atom. The highest BCUT2D eigenvalue weighted by Crippen LogP contribution is 2.35. The van der Waals surface area contributed by atoms with Gasteiger partial charge >= 0.3 is 5.97 Å². The van der Waals surface area contributed by atoms with Gasteiger partial charge in [-0.15, -0.1) is 0 Å². The quantitative estimate of drug-likeness (QED) is 0.888. The fourth-order valence-electron chi connectivity index (χ4n) is 3.56. The van der Waals surface area contributed by atoms with Gasteiger partial charge in [0.25, 0.3) is 0 Å². The molecule has 1 aromatic rings. The molecule has 0 radical (unpaired) electrons. The fraction of sp³-hybridized carbons (Fsp3) is 0.500. The minimum absolute atomic E-state index is 0.0498. The van der Waals surface area contributed by atoms with Crippen LogP contribution in [-0.4, -0.2) is 17.0 Å². The van der Waals surface area contributed by atoms with Gasteiger partial charge < -0.3 is 10.4 Å². The Morgan fingerprint density at radius 2 is 1.85 bits per heavy atom. The highest BCUT2D eigenvalue weighted by Gasteiger charge is 2.38. The third-order valence-electron chi connectivity index (χ3n) is 4.62. The number of rotatable bonds is 3. The lowest BCUT2D eigenvalue weighted by atomic mass is 9.94. The van der Waals surface area contributed by atoms with E-state index in [2.05, 4.69) is 17.4 Å². The van der Waals surface area contributed by atoms with Crippen molar-refractivity contribution in [2.75, 3.05) is 0 Å². The number of nitrogens with one attached hydrogen (secondary N) is 1. The molecule has 1 unspecified atom stereocenters. The van der Waals surface area contributed by atoms with Crippen LogP contribution in [0.5, 0.6) is 0 Å². The molecule has 3 rings (SSSR count). The van der Waals surface area contributed by atoms with Crippen LogP contribution in [0.3, 0.4) is 0 Å². The monoisotopic (exact) mass is 273 g/mol. The van der Waals surface area contributed by atoms with Gasteiger partial charge in [-0.3, -0.25) is 9.59 Å². The van der Waals surface area contributed by atoms with Crippen LogP contribution in [0, 0.1) is 11.8 Å². The van der Waals surface area contributed by atoms with Crippen molar-refractivity contribution in [2.24, 2.45) is 11.8 Å². The summed E-state index contributed by atoms with van der Waals surface area (Å²) in [4.78, 5) is 23.5. The molecule has 0 aliphatic heterocycles. The van der Waals surface area contributed by atoms with Crippen molar-refractivity contribution < 1.29 is 14.7 Å². The van der Waals surface area contributed by atoms with Crippen LogP contribution in [0.4, 0.5) is 0 Å². The highest BCUT2D eigenvalue weighted by atomic mass is 16.4. The predicted octanol–water partition coefficient (Wildman–Crippen LogP) is 2.29. The van der Waals surface area contributed by atoms with E-state index in [4.69, 9.17) is 0 Å². The van der Waals surface area contributed by atoms with E-state index in [0.29, 0.717) is 12.8 Å². The number of benzene rings is 1. The molecule has 0 heterocycles. The maximum atomic E-state index is 12.4. The first kappa shape index (κ1) is 13.2. The summed E-state index contributed by atoms with van der Waals surface area (Å²) in [6.07, 6.45) is 4.03. The summed E-state index contributed by atoms with van der Waals surface area (Å²) in [5.74, 6) is -1.79. The first-order valence-electron chi connectivity index (χ1n) is 7.28. The van der Waals surface area contributed by atoms with E-state index in [1.165, 1.54) is 11.1 Å². The van der Waals surface area contributed by atoms with Crippen molar-refractivity contribution in [1.29, 1.82) is 0 Å². The molecule has 3 atom stereocenters. The van der Waals surface area contributed by atoms with Gasteiger partial charge in [0.05, 0.1) is 17.9 Å². The van der Waals surface area contributed by atoms with E-state index < -0.39 is 11.9 Å². The first-order valence-corrected chi connectivity index (χ1v) is 7.28. The van der Waals surface area contributed by atoms with Gasteiger partial charge in [-0.2, -0.15) is 0 Å². The Morgan fingerprint density at radius 3 is 2.65 bits per heavy atom. The largest absolute Gasteiger partial charge is 0.481 e. The average molecular weight is 273 g/mol. The second kappa shape index (κ2) is 5.27. The Hall–Kier alpha value is -1.84. The molecule has 1 amide bonds. The van der Waals surface area contributed by atoms with E-state index in [9.17, 15) is 14.7 Å². The normalized spacial score (nSPS) is 28.1. The molecular weight excluding hydrogens is 254 g/mol. The molecular formula is C16H19NO3. The van der Waals surface area contributed by atoms with E-state index in [1.54, 1.807) is 0 Å². The Balaban J connectivity index is 1.70. The second-order valence-corrected chi connectivity index (χ2v) is 5.78. The Bertz CT molecular complexity index is 540. The van der Waals surface area contributed by atoms with Gasteiger partial charge in [-0.25, -0.2) is 0 Å². The van der Waals surface area contributed by atoms with Gasteiger partial charge in [0.2, 0.25) is 5.91 Å². The number of carbonyl (C=O) groups is 2. The van der Waals surface area contributed by atoms with Crippen LogP contribution in [0.15, 0.2) is 24.3 Å². The lowest BCUT2D eigenvalue weighted by Gasteiger charge is -2.20. The molecule has 2 N–H and O–H groups in total. The zero-order valence-corrected chi connectivity index (χ0v) is 11.3. The minimum Gasteiger partial charge on any atom is -0.481 e. The lowest BCUT2D eigenvalue weighted by molar-refractivity contribution is -0.146. The zero-order chi connectivity index (χ0) is 14.1. The summed E-state index contributed by atoms with van der Waals surface area (Å²) in [6, 6.07) is 8.20. The third kappa shape index (κ3) is 2.30. The van der Waals surface area contributed by atoms with Crippen LogP contribution in [-0.2, 0) is 16.0 Å². The molecule has 20 heavy (non-hydrogen) atoms. The molecule has 0 spiro atoms. The molecule has 2 aliphatic rings. The number of carbonyl (C=O) groups excluding carboxylic acids is 1. The van der Waals surface area contributed by atoms with E-state index in [1.807, 2.05) is 12.1 Å². The lowest BCUT2D eigenvalue weighted by Crippen LogP contribution is -2.36. The smallest absolute Gasteiger partial charge is 0.307 e. The van der Waals surface area contributed by atoms with E-state index in [0.717, 1.165) is 19.3 Å². The average Bonchev–Trinajstić information content (AvgIpc) is 3.06. The topological polar surface area (TPSA) is 66.4 Å². The molecule has 0 bridgehead atoms. The molecule has 4 nitrogen and oxygen atoms in total. The molecule has 1 aromatic carbocycles. The van der Waals surface area contributed by atoms with Gasteiger partial charge in [0.15, 0.2) is 0 Å². The number of aryl methyl sites for hydroxylation is 1. The van der Waals surface area contributed by atoms with Gasteiger partial charge in [-0.05, 0) is 36.8 Å². The molecule has 0 saturated heterocycles. The van der Waals surface area contributed by atoms with Gasteiger partial charge in [0.1, 0.15) is 0 Å². The van der Waals surface area contributed by atoms with Crippen LogP contribution in [0.1, 0.15) is 42.9 Å². The number of carboxylic acid groups (broad SMARTS) is 1. The van der Waals surface area contributed by atoms with Crippen LogP contribution < -0.4 is 5.32 Å². The van der Waals surface area contributed by atoms with Gasteiger partial charge in [-0.1, -0.05) is 30.7 Å². The number of amides is 1. The molecule has 2 aliphatic carbocycles. The summed E-state index contributed by atoms with van der Waals surface area (Å²) in [5, 5.41) is 12.2. The molecule has 4 heteroatoms. The summed E-state index contributed by atoms with van der Waals surface area (Å²) >= 11 is 0. The summed E-state index contributed by atoms with van der Waals surface area (Å²) in [6.45, 7) is 0. The van der Waals surface area contributed by atoms with Gasteiger partial charge in [0, 0.05) is 0 Å². The van der Waals surface area contributed by atoms with Crippen molar-refractivity contribution in [1.82, 2.24) is 5.32 Å². The second-order valence-electron chi connectivity index (χ2n) is 5.78. The molecule has 0 aromatic heterocycles. The summed E-state index contributed by atoms with van der Waals surface area (Å²) < 4.78 is 0. The minimum atomic E-state index is -0.838. The first-order chi connectivity index (χ1) is 9.66. The summed E-state index contributed by atoms with van der Waals surface area (Å²) in [5.41, 5.74) is 2.48. The Kier molecular flexibility index (Phi) is 3.47. The number of fused-ring (bicyclic) bond motifs is 1. The number of aliphatic carboxylic acids is 1. The van der Waals surface area contributed by atoms with E-state index in [-0.39, 0.29) is 17.9 Å². The standard InChI is InChI=1S/C16H19NO3/c18-15(12-6-3-7-13(12)16(19)20)17-14-9-8-10-4-1-2-5-11(10)14/h1-2,4-5,12-14H,3,6-9H2,(H,17,18)(H,19,20)/t12-,13+,14?/m1/s1. The number of hydrogen-bond donors (Lipinski definition) is 2. The number of carboxylic acids is 1. The molecule has 106 valence electrons. The van der Waals surface area contributed by atoms with Crippen molar-refractivity contribution in [3.63, 3.8) is 0 Å². The maximum Gasteiger partial charge on any atom is 0.307 e. The Labute approximate surface area is 118 Å². The predicted molar refractivity (Wildman–Crippen MR) is 74.1 cm³/mol. The fourth-order valence-corrected chi connectivity index (χ4v) is 3.56. The van der Waals surface area contributed by atoms with Crippen LogP contribution in [0.25, 0.3) is 0 Å². The molecule has 1 fully saturated rings. The summed E-state index contributed by atoms with van der Waals surface area (Å²) in [7, 11) is 0. The van der Waals surface area contributed by atoms with Crippen molar-refractivity contribution in [3.8, 4) is 0 Å². The third-order valence-corrected chi connectivity index (χ3v) is 4.62. The van der Waals surface area contributed by atoms with Crippen molar-refractivity contribution in [2.45, 2.75) is 38.1 Å². The highest BCUT2D eigenvalue weighted by molar-refractivity contribution is 5.85. The van der Waals surface area contributed by atoms with E-state index >= 15 is 0 Å². The van der Waals surface area contributed by atoms with Crippen molar-refractivity contribution >= 4 is 11.9 Å². The van der Waals surface area contributed by atoms with Crippen molar-refractivity contribution in [3.05, 3.63) is 35.4 Å². The maximum absolute atomic E-state index is 12.4. The zero-order valence-electron chi connectivity index (χ0n) is 11.3. The van der Waals surface area contributed by atoms with Crippen LogP contribution >= 0.6 is 0 Å². The molecule has 1 saturated carbocycles. The number of hydrogen-bond acceptors (Lipinski definition) is 2. The van der Waals surface area contributed by atoms with Crippen LogP contribution in [0.2, 0.25) is 0 Å².